The van der Waals surface area contributed by atoms with Gasteiger partial charge in [0.15, 0.2) is 11.5 Å². The zero-order valence-corrected chi connectivity index (χ0v) is 10.6. The lowest BCUT2D eigenvalue weighted by molar-refractivity contribution is -0.122. The molecule has 3 amide bonds. The maximum absolute atomic E-state index is 11.9. The zero-order valence-electron chi connectivity index (χ0n) is 10.6. The smallest absolute Gasteiger partial charge is 0.328 e. The average Bonchev–Trinajstić information content (AvgIpc) is 2.66. The number of nitrogens with zero attached hydrogens (tertiary/aromatic N) is 1. The van der Waals surface area contributed by atoms with Crippen LogP contribution in [0.4, 0.5) is 4.79 Å². The van der Waals surface area contributed by atoms with Crippen LogP contribution in [0.2, 0.25) is 0 Å². The molecule has 0 radical (unpaired) electrons. The van der Waals surface area contributed by atoms with Crippen molar-refractivity contribution >= 4 is 18.0 Å². The normalized spacial score (nSPS) is 16.9. The van der Waals surface area contributed by atoms with Crippen LogP contribution in [0.25, 0.3) is 6.08 Å². The molecule has 0 aliphatic carbocycles. The molecule has 0 spiro atoms. The van der Waals surface area contributed by atoms with Crippen molar-refractivity contribution in [2.75, 3.05) is 13.7 Å². The van der Waals surface area contributed by atoms with E-state index in [0.29, 0.717) is 17.9 Å². The lowest BCUT2D eigenvalue weighted by Crippen LogP contribution is -2.30. The first-order valence-corrected chi connectivity index (χ1v) is 5.78. The minimum atomic E-state index is -0.426. The summed E-state index contributed by atoms with van der Waals surface area (Å²) in [5.41, 5.74) is 0.857. The van der Waals surface area contributed by atoms with Crippen LogP contribution < -0.4 is 10.1 Å². The number of carbonyl (C=O) groups is 2. The number of aromatic hydroxyl groups is 1. The van der Waals surface area contributed by atoms with Crippen molar-refractivity contribution in [1.82, 2.24) is 10.2 Å². The number of imide groups is 1. The predicted molar refractivity (Wildman–Crippen MR) is 68.6 cm³/mol. The average molecular weight is 262 g/mol. The monoisotopic (exact) mass is 262 g/mol. The Hall–Kier alpha value is -2.50. The van der Waals surface area contributed by atoms with E-state index in [0.717, 1.165) is 4.90 Å². The number of methoxy groups -OCH3 is 1. The van der Waals surface area contributed by atoms with E-state index in [4.69, 9.17) is 4.74 Å². The Morgan fingerprint density at radius 3 is 2.74 bits per heavy atom. The number of nitrogens with one attached hydrogen (secondary N) is 1. The van der Waals surface area contributed by atoms with Crippen LogP contribution in [0.15, 0.2) is 23.9 Å². The van der Waals surface area contributed by atoms with Gasteiger partial charge in [0.2, 0.25) is 0 Å². The molecular weight excluding hydrogens is 248 g/mol. The number of carbonyl (C=O) groups excluding carboxylic acids is 2. The van der Waals surface area contributed by atoms with E-state index in [1.54, 1.807) is 19.1 Å². The SMILES string of the molecule is CCN1C(=O)N/C(=C/c2ccc(O)c(OC)c2)C1=O. The number of phenols is 1. The van der Waals surface area contributed by atoms with Crippen LogP contribution in [0, 0.1) is 0 Å². The zero-order chi connectivity index (χ0) is 14.0. The van der Waals surface area contributed by atoms with Crippen molar-refractivity contribution in [2.45, 2.75) is 6.92 Å². The molecule has 19 heavy (non-hydrogen) atoms. The molecule has 1 saturated heterocycles. The van der Waals surface area contributed by atoms with Gasteiger partial charge in [-0.1, -0.05) is 6.07 Å². The Kier molecular flexibility index (Phi) is 3.41. The quantitative estimate of drug-likeness (QED) is 0.636. The Bertz CT molecular complexity index is 566. The van der Waals surface area contributed by atoms with Crippen LogP contribution in [0.3, 0.4) is 0 Å². The minimum absolute atomic E-state index is 0.0154. The number of amides is 3. The summed E-state index contributed by atoms with van der Waals surface area (Å²) in [6.45, 7) is 2.05. The van der Waals surface area contributed by atoms with E-state index < -0.39 is 6.03 Å². The molecule has 0 aromatic heterocycles. The lowest BCUT2D eigenvalue weighted by atomic mass is 10.1. The number of urea groups is 1. The van der Waals surface area contributed by atoms with Crippen molar-refractivity contribution in [3.05, 3.63) is 29.5 Å². The van der Waals surface area contributed by atoms with Gasteiger partial charge in [-0.3, -0.25) is 9.69 Å². The maximum atomic E-state index is 11.9. The van der Waals surface area contributed by atoms with Gasteiger partial charge < -0.3 is 15.2 Å². The molecule has 6 nitrogen and oxygen atoms in total. The van der Waals surface area contributed by atoms with Crippen LogP contribution in [0.5, 0.6) is 11.5 Å². The largest absolute Gasteiger partial charge is 0.504 e. The van der Waals surface area contributed by atoms with Gasteiger partial charge in [0, 0.05) is 6.54 Å². The molecule has 0 unspecified atom stereocenters. The third kappa shape index (κ3) is 2.37. The van der Waals surface area contributed by atoms with Crippen molar-refractivity contribution in [3.8, 4) is 11.5 Å². The van der Waals surface area contributed by atoms with Crippen molar-refractivity contribution in [3.63, 3.8) is 0 Å². The van der Waals surface area contributed by atoms with Gasteiger partial charge in [0.05, 0.1) is 7.11 Å². The Morgan fingerprint density at radius 1 is 1.42 bits per heavy atom. The molecule has 2 rings (SSSR count). The van der Waals surface area contributed by atoms with Gasteiger partial charge in [-0.15, -0.1) is 0 Å². The molecule has 100 valence electrons. The van der Waals surface area contributed by atoms with Crippen LogP contribution in [0.1, 0.15) is 12.5 Å². The van der Waals surface area contributed by atoms with Crippen LogP contribution in [-0.4, -0.2) is 35.6 Å². The Labute approximate surface area is 110 Å². The van der Waals surface area contributed by atoms with Crippen molar-refractivity contribution in [2.24, 2.45) is 0 Å². The molecule has 1 aromatic carbocycles. The second kappa shape index (κ2) is 5.01. The fourth-order valence-corrected chi connectivity index (χ4v) is 1.81. The molecule has 0 bridgehead atoms. The highest BCUT2D eigenvalue weighted by Gasteiger charge is 2.31. The topological polar surface area (TPSA) is 78.9 Å². The van der Waals surface area contributed by atoms with Crippen molar-refractivity contribution < 1.29 is 19.4 Å². The van der Waals surface area contributed by atoms with Gasteiger partial charge in [0.1, 0.15) is 5.70 Å². The van der Waals surface area contributed by atoms with Crippen molar-refractivity contribution in [1.29, 1.82) is 0 Å². The molecule has 0 atom stereocenters. The summed E-state index contributed by atoms with van der Waals surface area (Å²) in [7, 11) is 1.44. The van der Waals surface area contributed by atoms with Gasteiger partial charge >= 0.3 is 6.03 Å². The number of phenolic OH excluding ortho intramolecular Hbond substituents is 1. The van der Waals surface area contributed by atoms with Gasteiger partial charge in [0.25, 0.3) is 5.91 Å². The molecule has 0 saturated carbocycles. The highest BCUT2D eigenvalue weighted by Crippen LogP contribution is 2.27. The number of rotatable bonds is 3. The molecule has 2 N–H and O–H groups in total. The number of benzene rings is 1. The molecule has 1 aliphatic rings. The van der Waals surface area contributed by atoms with Gasteiger partial charge in [-0.05, 0) is 30.7 Å². The number of likely N-dealkylation sites (N-methyl/N-ethyl adjacent to an activating group) is 1. The number of ether oxygens (including phenoxy) is 1. The van der Waals surface area contributed by atoms with E-state index in [2.05, 4.69) is 5.32 Å². The summed E-state index contributed by atoms with van der Waals surface area (Å²) >= 11 is 0. The first kappa shape index (κ1) is 12.9. The standard InChI is InChI=1S/C13H14N2O4/c1-3-15-12(17)9(14-13(15)18)6-8-4-5-10(16)11(7-8)19-2/h4-7,16H,3H2,1-2H3,(H,14,18)/b9-6+. The van der Waals surface area contributed by atoms with Gasteiger partial charge in [-0.2, -0.15) is 0 Å². The lowest BCUT2D eigenvalue weighted by Gasteiger charge is -2.06. The number of hydrogen-bond acceptors (Lipinski definition) is 4. The minimum Gasteiger partial charge on any atom is -0.504 e. The summed E-state index contributed by atoms with van der Waals surface area (Å²) in [5.74, 6) is -0.0420. The van der Waals surface area contributed by atoms with E-state index in [-0.39, 0.29) is 17.4 Å². The van der Waals surface area contributed by atoms with Gasteiger partial charge in [-0.25, -0.2) is 4.79 Å². The summed E-state index contributed by atoms with van der Waals surface area (Å²) in [4.78, 5) is 24.5. The summed E-state index contributed by atoms with van der Waals surface area (Å²) in [6, 6.07) is 4.24. The third-order valence-electron chi connectivity index (χ3n) is 2.79. The number of hydrogen-bond donors (Lipinski definition) is 2. The third-order valence-corrected chi connectivity index (χ3v) is 2.79. The Morgan fingerprint density at radius 2 is 2.16 bits per heavy atom. The molecule has 6 heteroatoms. The highest BCUT2D eigenvalue weighted by atomic mass is 16.5. The second-order valence-electron chi connectivity index (χ2n) is 3.97. The summed E-state index contributed by atoms with van der Waals surface area (Å²) in [5, 5.41) is 12.0. The molecule has 1 aromatic rings. The summed E-state index contributed by atoms with van der Waals surface area (Å²) in [6.07, 6.45) is 1.54. The summed E-state index contributed by atoms with van der Waals surface area (Å²) < 4.78 is 4.98. The fourth-order valence-electron chi connectivity index (χ4n) is 1.81. The van der Waals surface area contributed by atoms with E-state index in [9.17, 15) is 14.7 Å². The molecule has 1 fully saturated rings. The molecular formula is C13H14N2O4. The predicted octanol–water partition coefficient (Wildman–Crippen LogP) is 1.31. The molecule has 1 aliphatic heterocycles. The first-order valence-electron chi connectivity index (χ1n) is 5.78. The van der Waals surface area contributed by atoms with Crippen LogP contribution in [-0.2, 0) is 4.79 Å². The fraction of sp³-hybridized carbons (Fsp3) is 0.231. The van der Waals surface area contributed by atoms with Crippen LogP contribution >= 0.6 is 0 Å². The van der Waals surface area contributed by atoms with E-state index in [1.807, 2.05) is 0 Å². The highest BCUT2D eigenvalue weighted by molar-refractivity contribution is 6.13. The van der Waals surface area contributed by atoms with E-state index >= 15 is 0 Å². The van der Waals surface area contributed by atoms with E-state index in [1.165, 1.54) is 19.3 Å². The first-order chi connectivity index (χ1) is 9.06. The Balaban J connectivity index is 2.32. The maximum Gasteiger partial charge on any atom is 0.328 e. The molecule has 1 heterocycles. The second-order valence-corrected chi connectivity index (χ2v) is 3.97.